The molecule has 0 saturated heterocycles. The Morgan fingerprint density at radius 3 is 2.77 bits per heavy atom. The van der Waals surface area contributed by atoms with Crippen molar-refractivity contribution in [2.75, 3.05) is 13.7 Å². The molecule has 2 aromatic heterocycles. The SMILES string of the molecule is COCCc1noc(-c2cnn(-c3ccc(F)cc3)c2C)n1. The largest absolute Gasteiger partial charge is 0.384 e. The summed E-state index contributed by atoms with van der Waals surface area (Å²) < 4.78 is 25.0. The summed E-state index contributed by atoms with van der Waals surface area (Å²) in [5.74, 6) is 0.719. The summed E-state index contributed by atoms with van der Waals surface area (Å²) >= 11 is 0. The van der Waals surface area contributed by atoms with E-state index in [9.17, 15) is 4.39 Å². The van der Waals surface area contributed by atoms with Gasteiger partial charge in [0, 0.05) is 13.5 Å². The van der Waals surface area contributed by atoms with Gasteiger partial charge in [-0.3, -0.25) is 0 Å². The van der Waals surface area contributed by atoms with Crippen LogP contribution in [0.25, 0.3) is 17.1 Å². The van der Waals surface area contributed by atoms with Crippen LogP contribution in [0.1, 0.15) is 11.5 Å². The van der Waals surface area contributed by atoms with Gasteiger partial charge in [0.2, 0.25) is 0 Å². The highest BCUT2D eigenvalue weighted by Gasteiger charge is 2.16. The van der Waals surface area contributed by atoms with Crippen molar-refractivity contribution in [2.24, 2.45) is 0 Å². The highest BCUT2D eigenvalue weighted by molar-refractivity contribution is 5.56. The molecule has 0 aliphatic carbocycles. The highest BCUT2D eigenvalue weighted by atomic mass is 19.1. The predicted molar refractivity (Wildman–Crippen MR) is 77.1 cm³/mol. The van der Waals surface area contributed by atoms with Crippen molar-refractivity contribution in [3.8, 4) is 17.1 Å². The Morgan fingerprint density at radius 1 is 1.27 bits per heavy atom. The summed E-state index contributed by atoms with van der Waals surface area (Å²) in [4.78, 5) is 4.33. The Kier molecular flexibility index (Phi) is 3.97. The highest BCUT2D eigenvalue weighted by Crippen LogP contribution is 2.23. The molecule has 3 rings (SSSR count). The van der Waals surface area contributed by atoms with Crippen molar-refractivity contribution in [3.05, 3.63) is 47.8 Å². The summed E-state index contributed by atoms with van der Waals surface area (Å²) in [5, 5.41) is 8.22. The molecule has 3 aromatic rings. The minimum Gasteiger partial charge on any atom is -0.384 e. The first-order chi connectivity index (χ1) is 10.7. The van der Waals surface area contributed by atoms with Gasteiger partial charge in [-0.15, -0.1) is 0 Å². The fourth-order valence-electron chi connectivity index (χ4n) is 2.12. The summed E-state index contributed by atoms with van der Waals surface area (Å²) in [5.41, 5.74) is 2.36. The zero-order valence-electron chi connectivity index (χ0n) is 12.3. The molecule has 0 amide bonds. The molecule has 22 heavy (non-hydrogen) atoms. The van der Waals surface area contributed by atoms with Gasteiger partial charge in [0.05, 0.1) is 29.7 Å². The lowest BCUT2D eigenvalue weighted by Crippen LogP contribution is -1.99. The minimum atomic E-state index is -0.284. The van der Waals surface area contributed by atoms with E-state index in [1.807, 2.05) is 6.92 Å². The fourth-order valence-corrected chi connectivity index (χ4v) is 2.12. The van der Waals surface area contributed by atoms with Crippen LogP contribution in [0.2, 0.25) is 0 Å². The molecule has 0 aliphatic rings. The van der Waals surface area contributed by atoms with Gasteiger partial charge in [-0.2, -0.15) is 10.1 Å². The van der Waals surface area contributed by atoms with E-state index in [4.69, 9.17) is 9.26 Å². The molecule has 0 radical (unpaired) electrons. The van der Waals surface area contributed by atoms with E-state index in [2.05, 4.69) is 15.2 Å². The number of nitrogens with zero attached hydrogens (tertiary/aromatic N) is 4. The molecule has 0 fully saturated rings. The number of hydrogen-bond acceptors (Lipinski definition) is 5. The molecule has 0 aliphatic heterocycles. The van der Waals surface area contributed by atoms with E-state index in [0.717, 1.165) is 16.9 Å². The molecule has 0 N–H and O–H groups in total. The molecule has 6 nitrogen and oxygen atoms in total. The van der Waals surface area contributed by atoms with Crippen LogP contribution < -0.4 is 0 Å². The molecular formula is C15H15FN4O2. The summed E-state index contributed by atoms with van der Waals surface area (Å²) in [6.45, 7) is 2.43. The Labute approximate surface area is 126 Å². The first-order valence-electron chi connectivity index (χ1n) is 6.81. The van der Waals surface area contributed by atoms with Gasteiger partial charge in [0.25, 0.3) is 5.89 Å². The van der Waals surface area contributed by atoms with Crippen LogP contribution in [0.5, 0.6) is 0 Å². The average molecular weight is 302 g/mol. The maximum Gasteiger partial charge on any atom is 0.261 e. The van der Waals surface area contributed by atoms with Crippen molar-refractivity contribution in [2.45, 2.75) is 13.3 Å². The monoisotopic (exact) mass is 302 g/mol. The van der Waals surface area contributed by atoms with Crippen molar-refractivity contribution >= 4 is 0 Å². The van der Waals surface area contributed by atoms with Crippen molar-refractivity contribution in [1.29, 1.82) is 0 Å². The van der Waals surface area contributed by atoms with Crippen molar-refractivity contribution < 1.29 is 13.7 Å². The van der Waals surface area contributed by atoms with Gasteiger partial charge in [-0.05, 0) is 31.2 Å². The quantitative estimate of drug-likeness (QED) is 0.724. The third kappa shape index (κ3) is 2.75. The van der Waals surface area contributed by atoms with Gasteiger partial charge in [-0.25, -0.2) is 9.07 Å². The molecule has 0 atom stereocenters. The van der Waals surface area contributed by atoms with Gasteiger partial charge in [0.1, 0.15) is 5.82 Å². The first kappa shape index (κ1) is 14.4. The minimum absolute atomic E-state index is 0.284. The van der Waals surface area contributed by atoms with Crippen LogP contribution in [-0.2, 0) is 11.2 Å². The maximum atomic E-state index is 13.0. The zero-order valence-corrected chi connectivity index (χ0v) is 12.3. The lowest BCUT2D eigenvalue weighted by atomic mass is 10.2. The number of benzene rings is 1. The summed E-state index contributed by atoms with van der Waals surface area (Å²) in [6.07, 6.45) is 2.25. The van der Waals surface area contributed by atoms with Gasteiger partial charge >= 0.3 is 0 Å². The third-order valence-corrected chi connectivity index (χ3v) is 3.31. The van der Waals surface area contributed by atoms with E-state index in [-0.39, 0.29) is 5.82 Å². The normalized spacial score (nSPS) is 11.0. The maximum absolute atomic E-state index is 13.0. The molecule has 114 valence electrons. The molecule has 7 heteroatoms. The van der Waals surface area contributed by atoms with Gasteiger partial charge in [0.15, 0.2) is 5.82 Å². The second-order valence-corrected chi connectivity index (χ2v) is 4.79. The van der Waals surface area contributed by atoms with E-state index in [0.29, 0.717) is 24.7 Å². The lowest BCUT2D eigenvalue weighted by Gasteiger charge is -2.04. The topological polar surface area (TPSA) is 66.0 Å². The molecular weight excluding hydrogens is 287 g/mol. The number of halogens is 1. The molecule has 0 spiro atoms. The van der Waals surface area contributed by atoms with E-state index in [1.54, 1.807) is 30.1 Å². The molecule has 0 saturated carbocycles. The van der Waals surface area contributed by atoms with E-state index < -0.39 is 0 Å². The number of ether oxygens (including phenoxy) is 1. The van der Waals surface area contributed by atoms with Crippen LogP contribution in [0.15, 0.2) is 35.0 Å². The smallest absolute Gasteiger partial charge is 0.261 e. The second-order valence-electron chi connectivity index (χ2n) is 4.79. The van der Waals surface area contributed by atoms with E-state index >= 15 is 0 Å². The predicted octanol–water partition coefficient (Wildman–Crippen LogP) is 2.56. The molecule has 0 unspecified atom stereocenters. The van der Waals surface area contributed by atoms with Crippen molar-refractivity contribution in [3.63, 3.8) is 0 Å². The second kappa shape index (κ2) is 6.07. The van der Waals surface area contributed by atoms with Crippen LogP contribution in [0.3, 0.4) is 0 Å². The molecule has 1 aromatic carbocycles. The van der Waals surface area contributed by atoms with Gasteiger partial charge in [-0.1, -0.05) is 5.16 Å². The van der Waals surface area contributed by atoms with Crippen LogP contribution in [0.4, 0.5) is 4.39 Å². The average Bonchev–Trinajstić information content (AvgIpc) is 3.13. The Balaban J connectivity index is 1.90. The van der Waals surface area contributed by atoms with Crippen LogP contribution in [-0.4, -0.2) is 33.6 Å². The fraction of sp³-hybridized carbons (Fsp3) is 0.267. The Morgan fingerprint density at radius 2 is 2.05 bits per heavy atom. The Hall–Kier alpha value is -2.54. The summed E-state index contributed by atoms with van der Waals surface area (Å²) in [6, 6.07) is 6.12. The third-order valence-electron chi connectivity index (χ3n) is 3.31. The summed E-state index contributed by atoms with van der Waals surface area (Å²) in [7, 11) is 1.62. The number of aromatic nitrogens is 4. The number of hydrogen-bond donors (Lipinski definition) is 0. The zero-order chi connectivity index (χ0) is 15.5. The van der Waals surface area contributed by atoms with Gasteiger partial charge < -0.3 is 9.26 Å². The van der Waals surface area contributed by atoms with Crippen LogP contribution >= 0.6 is 0 Å². The molecule has 2 heterocycles. The van der Waals surface area contributed by atoms with Crippen molar-refractivity contribution in [1.82, 2.24) is 19.9 Å². The lowest BCUT2D eigenvalue weighted by molar-refractivity contribution is 0.199. The van der Waals surface area contributed by atoms with Crippen LogP contribution in [0, 0.1) is 12.7 Å². The van der Waals surface area contributed by atoms with E-state index in [1.165, 1.54) is 12.1 Å². The number of rotatable bonds is 5. The Bertz CT molecular complexity index is 764. The molecule has 0 bridgehead atoms. The first-order valence-corrected chi connectivity index (χ1v) is 6.81. The number of methoxy groups -OCH3 is 1. The standard InChI is InChI=1S/C15H15FN4O2/c1-10-13(15-18-14(19-22-15)7-8-21-2)9-17-20(10)12-5-3-11(16)4-6-12/h3-6,9H,7-8H2,1-2H3.